The maximum absolute atomic E-state index is 12.3. The van der Waals surface area contributed by atoms with Crippen molar-refractivity contribution in [3.8, 4) is 0 Å². The van der Waals surface area contributed by atoms with Crippen LogP contribution >= 0.6 is 0 Å². The zero-order valence-electron chi connectivity index (χ0n) is 13.8. The van der Waals surface area contributed by atoms with Gasteiger partial charge in [-0.15, -0.1) is 0 Å². The summed E-state index contributed by atoms with van der Waals surface area (Å²) >= 11 is 0. The first-order valence-electron chi connectivity index (χ1n) is 8.24. The van der Waals surface area contributed by atoms with Crippen molar-refractivity contribution >= 4 is 11.9 Å². The molecule has 1 aromatic heterocycles. The second-order valence-electron chi connectivity index (χ2n) is 6.51. The highest BCUT2D eigenvalue weighted by molar-refractivity contribution is 5.77. The van der Waals surface area contributed by atoms with E-state index in [-0.39, 0.29) is 12.3 Å². The Bertz CT molecular complexity index is 505. The number of amides is 1. The molecule has 1 aromatic rings. The molecule has 1 fully saturated rings. The number of nitrogens with zero attached hydrogens (tertiary/aromatic N) is 1. The van der Waals surface area contributed by atoms with E-state index in [0.717, 1.165) is 25.9 Å². The van der Waals surface area contributed by atoms with E-state index in [2.05, 4.69) is 24.1 Å². The summed E-state index contributed by atoms with van der Waals surface area (Å²) < 4.78 is 5.24. The molecule has 6 heteroatoms. The van der Waals surface area contributed by atoms with Gasteiger partial charge in [-0.3, -0.25) is 9.59 Å². The molecule has 0 bridgehead atoms. The third-order valence-electron chi connectivity index (χ3n) is 4.45. The Morgan fingerprint density at radius 1 is 1.39 bits per heavy atom. The van der Waals surface area contributed by atoms with Gasteiger partial charge in [0.1, 0.15) is 5.76 Å². The van der Waals surface area contributed by atoms with Crippen molar-refractivity contribution in [2.45, 2.75) is 51.6 Å². The summed E-state index contributed by atoms with van der Waals surface area (Å²) in [7, 11) is 0. The van der Waals surface area contributed by atoms with Gasteiger partial charge >= 0.3 is 5.97 Å². The van der Waals surface area contributed by atoms with Crippen LogP contribution in [0.1, 0.15) is 51.3 Å². The van der Waals surface area contributed by atoms with Crippen molar-refractivity contribution in [2.75, 3.05) is 13.1 Å². The van der Waals surface area contributed by atoms with E-state index < -0.39 is 12.0 Å². The number of rotatable bonds is 7. The summed E-state index contributed by atoms with van der Waals surface area (Å²) in [6.07, 6.45) is 3.78. The van der Waals surface area contributed by atoms with Crippen molar-refractivity contribution in [1.29, 1.82) is 0 Å². The van der Waals surface area contributed by atoms with Crippen LogP contribution in [0.3, 0.4) is 0 Å². The molecule has 23 heavy (non-hydrogen) atoms. The maximum atomic E-state index is 12.3. The number of carbonyl (C=O) groups is 2. The molecule has 0 aromatic carbocycles. The van der Waals surface area contributed by atoms with E-state index in [0.29, 0.717) is 24.1 Å². The number of carboxylic acid groups (broad SMARTS) is 1. The molecule has 1 atom stereocenters. The molecule has 1 amide bonds. The van der Waals surface area contributed by atoms with Crippen LogP contribution in [0.2, 0.25) is 0 Å². The number of likely N-dealkylation sites (tertiary alicyclic amines) is 1. The molecule has 0 aliphatic carbocycles. The number of nitrogens with one attached hydrogen (secondary N) is 1. The van der Waals surface area contributed by atoms with Gasteiger partial charge in [0.2, 0.25) is 5.91 Å². The minimum absolute atomic E-state index is 0.101. The van der Waals surface area contributed by atoms with Gasteiger partial charge in [0.05, 0.1) is 18.7 Å². The van der Waals surface area contributed by atoms with E-state index in [4.69, 9.17) is 9.52 Å². The van der Waals surface area contributed by atoms with Gasteiger partial charge in [0.25, 0.3) is 0 Å². The van der Waals surface area contributed by atoms with Crippen LogP contribution in [0.4, 0.5) is 0 Å². The number of piperidine rings is 1. The molecule has 2 heterocycles. The van der Waals surface area contributed by atoms with Crippen LogP contribution < -0.4 is 5.32 Å². The van der Waals surface area contributed by atoms with Crippen molar-refractivity contribution in [1.82, 2.24) is 10.2 Å². The summed E-state index contributed by atoms with van der Waals surface area (Å²) in [5.74, 6) is -0.213. The van der Waals surface area contributed by atoms with Crippen LogP contribution in [0.15, 0.2) is 22.8 Å². The highest BCUT2D eigenvalue weighted by Crippen LogP contribution is 2.23. The van der Waals surface area contributed by atoms with Crippen LogP contribution in [0, 0.1) is 5.92 Å². The lowest BCUT2D eigenvalue weighted by molar-refractivity contribution is -0.138. The minimum Gasteiger partial charge on any atom is -0.481 e. The predicted octanol–water partition coefficient (Wildman–Crippen LogP) is 2.42. The Hall–Kier alpha value is -1.82. The van der Waals surface area contributed by atoms with Gasteiger partial charge in [0.15, 0.2) is 0 Å². The fourth-order valence-corrected chi connectivity index (χ4v) is 3.08. The van der Waals surface area contributed by atoms with Gasteiger partial charge in [-0.2, -0.15) is 0 Å². The van der Waals surface area contributed by atoms with Crippen molar-refractivity contribution in [2.24, 2.45) is 5.92 Å². The molecule has 128 valence electrons. The van der Waals surface area contributed by atoms with E-state index in [1.54, 1.807) is 12.1 Å². The molecule has 6 nitrogen and oxygen atoms in total. The maximum Gasteiger partial charge on any atom is 0.305 e. The standard InChI is InChI=1S/C17H26N2O4/c1-12(2)19-7-5-13(6-8-19)10-16(20)18-14(11-17(21)22)15-4-3-9-23-15/h3-4,9,12-14H,5-8,10-11H2,1-2H3,(H,18,20)(H,21,22). The molecule has 0 spiro atoms. The van der Waals surface area contributed by atoms with Crippen LogP contribution in [0.5, 0.6) is 0 Å². The molecule has 1 aliphatic rings. The second kappa shape index (κ2) is 8.15. The minimum atomic E-state index is -0.961. The number of carboxylic acids is 1. The number of hydrogen-bond acceptors (Lipinski definition) is 4. The SMILES string of the molecule is CC(C)N1CCC(CC(=O)NC(CC(=O)O)c2ccco2)CC1. The summed E-state index contributed by atoms with van der Waals surface area (Å²) in [5.41, 5.74) is 0. The van der Waals surface area contributed by atoms with Gasteiger partial charge in [-0.1, -0.05) is 0 Å². The van der Waals surface area contributed by atoms with E-state index in [1.807, 2.05) is 0 Å². The fourth-order valence-electron chi connectivity index (χ4n) is 3.08. The third kappa shape index (κ3) is 5.39. The second-order valence-corrected chi connectivity index (χ2v) is 6.51. The molecular formula is C17H26N2O4. The Labute approximate surface area is 136 Å². The first kappa shape index (κ1) is 17.5. The van der Waals surface area contributed by atoms with Gasteiger partial charge in [-0.05, 0) is 57.8 Å². The summed E-state index contributed by atoms with van der Waals surface area (Å²) in [4.78, 5) is 25.7. The predicted molar refractivity (Wildman–Crippen MR) is 85.9 cm³/mol. The molecule has 2 N–H and O–H groups in total. The van der Waals surface area contributed by atoms with Crippen molar-refractivity contribution in [3.63, 3.8) is 0 Å². The average molecular weight is 322 g/mol. The first-order chi connectivity index (χ1) is 11.0. The Morgan fingerprint density at radius 2 is 2.09 bits per heavy atom. The largest absolute Gasteiger partial charge is 0.481 e. The average Bonchev–Trinajstić information content (AvgIpc) is 3.00. The number of carbonyl (C=O) groups excluding carboxylic acids is 1. The topological polar surface area (TPSA) is 82.8 Å². The van der Waals surface area contributed by atoms with Crippen LogP contribution in [-0.4, -0.2) is 41.0 Å². The molecule has 0 saturated carbocycles. The lowest BCUT2D eigenvalue weighted by atomic mass is 9.92. The van der Waals surface area contributed by atoms with E-state index in [9.17, 15) is 9.59 Å². The zero-order valence-corrected chi connectivity index (χ0v) is 13.8. The molecular weight excluding hydrogens is 296 g/mol. The monoisotopic (exact) mass is 322 g/mol. The van der Waals surface area contributed by atoms with Crippen LogP contribution in [-0.2, 0) is 9.59 Å². The molecule has 1 unspecified atom stereocenters. The Morgan fingerprint density at radius 3 is 2.61 bits per heavy atom. The summed E-state index contributed by atoms with van der Waals surface area (Å²) in [6, 6.07) is 3.32. The highest BCUT2D eigenvalue weighted by Gasteiger charge is 2.25. The van der Waals surface area contributed by atoms with Gasteiger partial charge < -0.3 is 19.7 Å². The Kier molecular flexibility index (Phi) is 6.21. The Balaban J connectivity index is 1.84. The highest BCUT2D eigenvalue weighted by atomic mass is 16.4. The summed E-state index contributed by atoms with van der Waals surface area (Å²) in [5, 5.41) is 11.8. The number of aliphatic carboxylic acids is 1. The lowest BCUT2D eigenvalue weighted by Gasteiger charge is -2.34. The molecule has 0 radical (unpaired) electrons. The molecule has 2 rings (SSSR count). The van der Waals surface area contributed by atoms with E-state index in [1.165, 1.54) is 6.26 Å². The lowest BCUT2D eigenvalue weighted by Crippen LogP contribution is -2.40. The van der Waals surface area contributed by atoms with Gasteiger partial charge in [-0.25, -0.2) is 0 Å². The van der Waals surface area contributed by atoms with Crippen molar-refractivity contribution < 1.29 is 19.1 Å². The molecule has 1 saturated heterocycles. The zero-order chi connectivity index (χ0) is 16.8. The number of hydrogen-bond donors (Lipinski definition) is 2. The first-order valence-corrected chi connectivity index (χ1v) is 8.24. The van der Waals surface area contributed by atoms with E-state index >= 15 is 0 Å². The smallest absolute Gasteiger partial charge is 0.305 e. The van der Waals surface area contributed by atoms with Crippen LogP contribution in [0.25, 0.3) is 0 Å². The quantitative estimate of drug-likeness (QED) is 0.805. The normalized spacial score (nSPS) is 18.0. The van der Waals surface area contributed by atoms with Gasteiger partial charge in [0, 0.05) is 12.5 Å². The number of furan rings is 1. The fraction of sp³-hybridized carbons (Fsp3) is 0.647. The molecule has 1 aliphatic heterocycles. The van der Waals surface area contributed by atoms with Crippen molar-refractivity contribution in [3.05, 3.63) is 24.2 Å². The third-order valence-corrected chi connectivity index (χ3v) is 4.45. The summed E-state index contributed by atoms with van der Waals surface area (Å²) in [6.45, 7) is 6.42.